The first-order valence-corrected chi connectivity index (χ1v) is 8.32. The van der Waals surface area contributed by atoms with Crippen molar-refractivity contribution in [2.45, 2.75) is 52.6 Å². The lowest BCUT2D eigenvalue weighted by Gasteiger charge is -2.22. The predicted octanol–water partition coefficient (Wildman–Crippen LogP) is 3.34. The molecule has 1 amide bonds. The van der Waals surface area contributed by atoms with Crippen molar-refractivity contribution in [3.63, 3.8) is 0 Å². The van der Waals surface area contributed by atoms with E-state index >= 15 is 0 Å². The third-order valence-electron chi connectivity index (χ3n) is 3.37. The molecule has 118 valence electrons. The monoisotopic (exact) mass is 311 g/mol. The minimum absolute atomic E-state index is 0.442. The number of piperidine rings is 1. The lowest BCUT2D eigenvalue weighted by molar-refractivity contribution is 0.0636. The van der Waals surface area contributed by atoms with Gasteiger partial charge in [-0.1, -0.05) is 0 Å². The first-order valence-electron chi connectivity index (χ1n) is 7.50. The van der Waals surface area contributed by atoms with Gasteiger partial charge in [0, 0.05) is 4.88 Å². The highest BCUT2D eigenvalue weighted by Gasteiger charge is 2.20. The minimum Gasteiger partial charge on any atom is -0.444 e. The van der Waals surface area contributed by atoms with E-state index in [0.29, 0.717) is 11.0 Å². The van der Waals surface area contributed by atoms with Gasteiger partial charge >= 0.3 is 6.09 Å². The van der Waals surface area contributed by atoms with Crippen molar-refractivity contribution in [2.75, 3.05) is 18.4 Å². The third-order valence-corrected chi connectivity index (χ3v) is 4.47. The fourth-order valence-electron chi connectivity index (χ4n) is 2.42. The summed E-state index contributed by atoms with van der Waals surface area (Å²) in [6, 6.07) is 0. The molecule has 21 heavy (non-hydrogen) atoms. The van der Waals surface area contributed by atoms with Crippen LogP contribution in [0.5, 0.6) is 0 Å². The zero-order chi connectivity index (χ0) is 15.5. The van der Waals surface area contributed by atoms with Crippen molar-refractivity contribution in [1.29, 1.82) is 0 Å². The number of nitrogens with zero attached hydrogens (tertiary/aromatic N) is 1. The van der Waals surface area contributed by atoms with Gasteiger partial charge in [0.2, 0.25) is 0 Å². The molecule has 1 aliphatic heterocycles. The average molecular weight is 311 g/mol. The molecule has 1 fully saturated rings. The van der Waals surface area contributed by atoms with Gasteiger partial charge in [-0.25, -0.2) is 9.78 Å². The second-order valence-electron chi connectivity index (χ2n) is 6.57. The van der Waals surface area contributed by atoms with Crippen molar-refractivity contribution in [1.82, 2.24) is 10.3 Å². The summed E-state index contributed by atoms with van der Waals surface area (Å²) in [7, 11) is 0. The first-order chi connectivity index (χ1) is 9.83. The van der Waals surface area contributed by atoms with E-state index in [4.69, 9.17) is 4.74 Å². The van der Waals surface area contributed by atoms with Crippen LogP contribution in [0.2, 0.25) is 0 Å². The zero-order valence-electron chi connectivity index (χ0n) is 13.3. The standard InChI is InChI=1S/C15H25N3O2S/c1-10-12(8-11-6-5-7-16-9-11)21-13(17-10)18-14(19)20-15(2,3)4/h11,16H,5-9H2,1-4H3,(H,17,18,19). The Balaban J connectivity index is 1.93. The summed E-state index contributed by atoms with van der Waals surface area (Å²) in [4.78, 5) is 17.5. The number of ether oxygens (including phenoxy) is 1. The smallest absolute Gasteiger partial charge is 0.413 e. The summed E-state index contributed by atoms with van der Waals surface area (Å²) in [6.07, 6.45) is 3.10. The number of thiazole rings is 1. The number of hydrogen-bond acceptors (Lipinski definition) is 5. The van der Waals surface area contributed by atoms with Crippen LogP contribution < -0.4 is 10.6 Å². The summed E-state index contributed by atoms with van der Waals surface area (Å²) in [5, 5.41) is 6.79. The minimum atomic E-state index is -0.493. The van der Waals surface area contributed by atoms with Crippen molar-refractivity contribution in [3.8, 4) is 0 Å². The summed E-state index contributed by atoms with van der Waals surface area (Å²) in [5.74, 6) is 0.673. The fraction of sp³-hybridized carbons (Fsp3) is 0.733. The zero-order valence-corrected chi connectivity index (χ0v) is 14.1. The Morgan fingerprint density at radius 2 is 2.29 bits per heavy atom. The Bertz CT molecular complexity index is 488. The molecule has 1 unspecified atom stereocenters. The van der Waals surface area contributed by atoms with E-state index in [1.807, 2.05) is 27.7 Å². The molecule has 1 atom stereocenters. The number of carbonyl (C=O) groups is 1. The van der Waals surface area contributed by atoms with Crippen LogP contribution in [0.25, 0.3) is 0 Å². The Morgan fingerprint density at radius 3 is 2.90 bits per heavy atom. The van der Waals surface area contributed by atoms with E-state index < -0.39 is 11.7 Å². The molecule has 1 saturated heterocycles. The Morgan fingerprint density at radius 1 is 1.52 bits per heavy atom. The van der Waals surface area contributed by atoms with E-state index in [2.05, 4.69) is 15.6 Å². The van der Waals surface area contributed by atoms with E-state index in [9.17, 15) is 4.79 Å². The highest BCUT2D eigenvalue weighted by atomic mass is 32.1. The van der Waals surface area contributed by atoms with Gasteiger partial charge in [-0.15, -0.1) is 11.3 Å². The predicted molar refractivity (Wildman–Crippen MR) is 86.0 cm³/mol. The van der Waals surface area contributed by atoms with E-state index in [0.717, 1.165) is 25.2 Å². The maximum Gasteiger partial charge on any atom is 0.413 e. The lowest BCUT2D eigenvalue weighted by atomic mass is 9.95. The molecule has 0 spiro atoms. The van der Waals surface area contributed by atoms with Crippen LogP contribution in [0.3, 0.4) is 0 Å². The topological polar surface area (TPSA) is 63.2 Å². The normalized spacial score (nSPS) is 19.3. The third kappa shape index (κ3) is 5.28. The molecule has 6 heteroatoms. The molecule has 0 radical (unpaired) electrons. The molecular weight excluding hydrogens is 286 g/mol. The molecule has 2 heterocycles. The quantitative estimate of drug-likeness (QED) is 0.898. The summed E-state index contributed by atoms with van der Waals surface area (Å²) >= 11 is 1.56. The fourth-order valence-corrected chi connectivity index (χ4v) is 3.48. The van der Waals surface area contributed by atoms with Gasteiger partial charge in [-0.05, 0) is 66.0 Å². The average Bonchev–Trinajstić information content (AvgIpc) is 2.68. The second kappa shape index (κ2) is 6.75. The molecule has 1 aromatic rings. The van der Waals surface area contributed by atoms with Gasteiger partial charge in [-0.2, -0.15) is 0 Å². The van der Waals surface area contributed by atoms with Gasteiger partial charge in [-0.3, -0.25) is 5.32 Å². The van der Waals surface area contributed by atoms with Crippen molar-refractivity contribution < 1.29 is 9.53 Å². The molecule has 0 bridgehead atoms. The van der Waals surface area contributed by atoms with Crippen LogP contribution in [-0.4, -0.2) is 29.8 Å². The van der Waals surface area contributed by atoms with Crippen LogP contribution in [0, 0.1) is 12.8 Å². The number of carbonyl (C=O) groups excluding carboxylic acids is 1. The van der Waals surface area contributed by atoms with Gasteiger partial charge in [0.15, 0.2) is 5.13 Å². The lowest BCUT2D eigenvalue weighted by Crippen LogP contribution is -2.30. The molecule has 0 aliphatic carbocycles. The number of aryl methyl sites for hydroxylation is 1. The van der Waals surface area contributed by atoms with Crippen molar-refractivity contribution in [3.05, 3.63) is 10.6 Å². The largest absolute Gasteiger partial charge is 0.444 e. The molecule has 1 aromatic heterocycles. The van der Waals surface area contributed by atoms with Crippen molar-refractivity contribution in [2.24, 2.45) is 5.92 Å². The number of anilines is 1. The van der Waals surface area contributed by atoms with Crippen molar-refractivity contribution >= 4 is 22.6 Å². The Kier molecular flexibility index (Phi) is 5.22. The van der Waals surface area contributed by atoms with E-state index in [1.165, 1.54) is 17.7 Å². The van der Waals surface area contributed by atoms with E-state index in [1.54, 1.807) is 11.3 Å². The maximum atomic E-state index is 11.8. The van der Waals surface area contributed by atoms with Crippen LogP contribution in [0.15, 0.2) is 0 Å². The number of rotatable bonds is 3. The number of nitrogens with one attached hydrogen (secondary N) is 2. The molecule has 1 aliphatic rings. The van der Waals surface area contributed by atoms with Crippen LogP contribution in [-0.2, 0) is 11.2 Å². The number of amides is 1. The van der Waals surface area contributed by atoms with Crippen LogP contribution in [0.4, 0.5) is 9.93 Å². The summed E-state index contributed by atoms with van der Waals surface area (Å²) in [5.41, 5.74) is 0.518. The first kappa shape index (κ1) is 16.2. The SMILES string of the molecule is Cc1nc(NC(=O)OC(C)(C)C)sc1CC1CCCNC1. The molecule has 5 nitrogen and oxygen atoms in total. The van der Waals surface area contributed by atoms with Crippen LogP contribution >= 0.6 is 11.3 Å². The number of aromatic nitrogens is 1. The summed E-state index contributed by atoms with van der Waals surface area (Å²) < 4.78 is 5.25. The van der Waals surface area contributed by atoms with Gasteiger partial charge < -0.3 is 10.1 Å². The molecule has 2 rings (SSSR count). The molecule has 0 aromatic carbocycles. The van der Waals surface area contributed by atoms with Gasteiger partial charge in [0.25, 0.3) is 0 Å². The van der Waals surface area contributed by atoms with Gasteiger partial charge in [0.05, 0.1) is 5.69 Å². The maximum absolute atomic E-state index is 11.8. The molecular formula is C15H25N3O2S. The second-order valence-corrected chi connectivity index (χ2v) is 7.65. The Labute approximate surface area is 130 Å². The highest BCUT2D eigenvalue weighted by Crippen LogP contribution is 2.27. The highest BCUT2D eigenvalue weighted by molar-refractivity contribution is 7.15. The summed E-state index contributed by atoms with van der Waals surface area (Å²) in [6.45, 7) is 9.75. The van der Waals surface area contributed by atoms with Crippen LogP contribution in [0.1, 0.15) is 44.2 Å². The molecule has 2 N–H and O–H groups in total. The number of hydrogen-bond donors (Lipinski definition) is 2. The molecule has 0 saturated carbocycles. The van der Waals surface area contributed by atoms with E-state index in [-0.39, 0.29) is 0 Å². The Hall–Kier alpha value is -1.14. The van der Waals surface area contributed by atoms with Gasteiger partial charge in [0.1, 0.15) is 5.60 Å².